The van der Waals surface area contributed by atoms with Crippen LogP contribution in [-0.4, -0.2) is 19.9 Å². The van der Waals surface area contributed by atoms with Crippen molar-refractivity contribution in [1.29, 1.82) is 0 Å². The van der Waals surface area contributed by atoms with E-state index in [2.05, 4.69) is 25.3 Å². The van der Waals surface area contributed by atoms with Crippen molar-refractivity contribution in [2.24, 2.45) is 0 Å². The van der Waals surface area contributed by atoms with Crippen LogP contribution in [0.1, 0.15) is 11.5 Å². The monoisotopic (exact) mass is 189 g/mol. The minimum atomic E-state index is 0.650. The van der Waals surface area contributed by atoms with E-state index < -0.39 is 0 Å². The van der Waals surface area contributed by atoms with Crippen LogP contribution in [0.2, 0.25) is 0 Å². The van der Waals surface area contributed by atoms with Gasteiger partial charge in [-0.1, -0.05) is 0 Å². The number of nitrogens with one attached hydrogen (secondary N) is 2. The van der Waals surface area contributed by atoms with Gasteiger partial charge < -0.3 is 10.3 Å². The molecule has 0 amide bonds. The topological polar surface area (TPSA) is 66.5 Å². The maximum Gasteiger partial charge on any atom is 0.200 e. The Labute approximate surface area is 81.6 Å². The van der Waals surface area contributed by atoms with Gasteiger partial charge in [0.05, 0.1) is 12.2 Å². The summed E-state index contributed by atoms with van der Waals surface area (Å²) in [6.45, 7) is 2.52. The highest BCUT2D eigenvalue weighted by Gasteiger charge is 1.96. The van der Waals surface area contributed by atoms with E-state index >= 15 is 0 Å². The Bertz CT molecular complexity index is 395. The first-order valence-corrected chi connectivity index (χ1v) is 4.36. The Hall–Kier alpha value is -1.91. The molecule has 0 saturated heterocycles. The van der Waals surface area contributed by atoms with Crippen LogP contribution in [0, 0.1) is 6.92 Å². The lowest BCUT2D eigenvalue weighted by Crippen LogP contribution is -2.04. The summed E-state index contributed by atoms with van der Waals surface area (Å²) in [5.41, 5.74) is 0.953. The summed E-state index contributed by atoms with van der Waals surface area (Å²) >= 11 is 0. The van der Waals surface area contributed by atoms with Crippen molar-refractivity contribution in [3.05, 3.63) is 36.2 Å². The molecular weight excluding hydrogens is 178 g/mol. The van der Waals surface area contributed by atoms with Crippen LogP contribution >= 0.6 is 0 Å². The van der Waals surface area contributed by atoms with Crippen molar-refractivity contribution in [3.8, 4) is 0 Å². The number of H-pyrrole nitrogens is 1. The van der Waals surface area contributed by atoms with Crippen molar-refractivity contribution in [3.63, 3.8) is 0 Å². The van der Waals surface area contributed by atoms with E-state index in [1.54, 1.807) is 18.6 Å². The van der Waals surface area contributed by atoms with Crippen molar-refractivity contribution in [2.75, 3.05) is 5.32 Å². The molecule has 2 rings (SSSR count). The van der Waals surface area contributed by atoms with Crippen LogP contribution in [-0.2, 0) is 6.54 Å². The van der Waals surface area contributed by atoms with Gasteiger partial charge in [0.2, 0.25) is 0 Å². The molecule has 0 aliphatic carbocycles. The molecule has 0 radical (unpaired) electrons. The van der Waals surface area contributed by atoms with E-state index in [1.165, 1.54) is 0 Å². The average Bonchev–Trinajstić information content (AvgIpc) is 2.67. The summed E-state index contributed by atoms with van der Waals surface area (Å²) in [5, 5.41) is 3.11. The van der Waals surface area contributed by atoms with Gasteiger partial charge in [0.15, 0.2) is 5.95 Å². The van der Waals surface area contributed by atoms with Crippen molar-refractivity contribution < 1.29 is 0 Å². The highest BCUT2D eigenvalue weighted by Crippen LogP contribution is 2.00. The largest absolute Gasteiger partial charge is 0.350 e. The second-order valence-electron chi connectivity index (χ2n) is 2.89. The molecule has 0 atom stereocenters. The summed E-state index contributed by atoms with van der Waals surface area (Å²) < 4.78 is 0. The van der Waals surface area contributed by atoms with Crippen LogP contribution in [0.25, 0.3) is 0 Å². The van der Waals surface area contributed by atoms with E-state index in [0.29, 0.717) is 6.54 Å². The molecule has 0 aromatic carbocycles. The molecule has 0 saturated carbocycles. The summed E-state index contributed by atoms with van der Waals surface area (Å²) in [6, 6.07) is 1.88. The van der Waals surface area contributed by atoms with Crippen LogP contribution in [0.4, 0.5) is 5.95 Å². The molecule has 0 aliphatic rings. The van der Waals surface area contributed by atoms with E-state index in [4.69, 9.17) is 0 Å². The van der Waals surface area contributed by atoms with Gasteiger partial charge in [0.25, 0.3) is 0 Å². The second-order valence-corrected chi connectivity index (χ2v) is 2.89. The molecule has 5 heteroatoms. The smallest absolute Gasteiger partial charge is 0.200 e. The quantitative estimate of drug-likeness (QED) is 0.759. The molecule has 14 heavy (non-hydrogen) atoms. The van der Waals surface area contributed by atoms with Gasteiger partial charge >= 0.3 is 0 Å². The number of hydrogen-bond donors (Lipinski definition) is 2. The first-order chi connectivity index (χ1) is 6.84. The number of hydrogen-bond acceptors (Lipinski definition) is 4. The van der Waals surface area contributed by atoms with Crippen LogP contribution in [0.5, 0.6) is 0 Å². The highest BCUT2D eigenvalue weighted by atomic mass is 15.1. The van der Waals surface area contributed by atoms with Gasteiger partial charge in [-0.05, 0) is 13.0 Å². The molecule has 5 nitrogen and oxygen atoms in total. The minimum Gasteiger partial charge on any atom is -0.350 e. The Morgan fingerprint density at radius 2 is 2.29 bits per heavy atom. The SMILES string of the molecule is Cc1nccc(CNc2ncc[nH]2)n1. The molecule has 2 N–H and O–H groups in total. The lowest BCUT2D eigenvalue weighted by Gasteiger charge is -2.02. The fourth-order valence-corrected chi connectivity index (χ4v) is 1.14. The number of nitrogens with zero attached hydrogens (tertiary/aromatic N) is 3. The van der Waals surface area contributed by atoms with E-state index in [0.717, 1.165) is 17.5 Å². The second kappa shape index (κ2) is 3.87. The van der Waals surface area contributed by atoms with Crippen molar-refractivity contribution >= 4 is 5.95 Å². The normalized spacial score (nSPS) is 10.1. The third-order valence-corrected chi connectivity index (χ3v) is 1.77. The van der Waals surface area contributed by atoms with Crippen LogP contribution in [0.3, 0.4) is 0 Å². The van der Waals surface area contributed by atoms with Gasteiger partial charge in [0.1, 0.15) is 5.82 Å². The summed E-state index contributed by atoms with van der Waals surface area (Å²) in [6.07, 6.45) is 5.22. The molecule has 2 heterocycles. The zero-order valence-corrected chi connectivity index (χ0v) is 7.86. The number of aromatic nitrogens is 4. The molecule has 72 valence electrons. The van der Waals surface area contributed by atoms with Crippen LogP contribution < -0.4 is 5.32 Å². The zero-order valence-electron chi connectivity index (χ0n) is 7.86. The molecule has 0 spiro atoms. The Morgan fingerprint density at radius 3 is 3.00 bits per heavy atom. The predicted octanol–water partition coefficient (Wildman–Crippen LogP) is 1.12. The molecule has 0 unspecified atom stereocenters. The zero-order chi connectivity index (χ0) is 9.80. The predicted molar refractivity (Wildman–Crippen MR) is 52.7 cm³/mol. The van der Waals surface area contributed by atoms with Gasteiger partial charge in [-0.25, -0.2) is 15.0 Å². The maximum absolute atomic E-state index is 4.26. The number of rotatable bonds is 3. The highest BCUT2D eigenvalue weighted by molar-refractivity contribution is 5.24. The number of aryl methyl sites for hydroxylation is 1. The van der Waals surface area contributed by atoms with E-state index in [9.17, 15) is 0 Å². The fraction of sp³-hybridized carbons (Fsp3) is 0.222. The third-order valence-electron chi connectivity index (χ3n) is 1.77. The maximum atomic E-state index is 4.26. The third kappa shape index (κ3) is 2.07. The minimum absolute atomic E-state index is 0.650. The van der Waals surface area contributed by atoms with Crippen molar-refractivity contribution in [2.45, 2.75) is 13.5 Å². The van der Waals surface area contributed by atoms with Gasteiger partial charge in [0, 0.05) is 18.6 Å². The lowest BCUT2D eigenvalue weighted by molar-refractivity contribution is 0.946. The molecular formula is C9H11N5. The number of anilines is 1. The fourth-order valence-electron chi connectivity index (χ4n) is 1.14. The van der Waals surface area contributed by atoms with E-state index in [-0.39, 0.29) is 0 Å². The van der Waals surface area contributed by atoms with Crippen LogP contribution in [0.15, 0.2) is 24.7 Å². The average molecular weight is 189 g/mol. The Morgan fingerprint density at radius 1 is 1.36 bits per heavy atom. The first kappa shape index (κ1) is 8.68. The van der Waals surface area contributed by atoms with Gasteiger partial charge in [-0.2, -0.15) is 0 Å². The number of aromatic amines is 1. The summed E-state index contributed by atoms with van der Waals surface area (Å²) in [7, 11) is 0. The van der Waals surface area contributed by atoms with Crippen molar-refractivity contribution in [1.82, 2.24) is 19.9 Å². The van der Waals surface area contributed by atoms with E-state index in [1.807, 2.05) is 13.0 Å². The Kier molecular flexibility index (Phi) is 2.40. The standard InChI is InChI=1S/C9H11N5/c1-7-10-3-2-8(14-7)6-13-9-11-4-5-12-9/h2-5H,6H2,1H3,(H2,11,12,13). The molecule has 2 aromatic rings. The van der Waals surface area contributed by atoms with Gasteiger partial charge in [-0.15, -0.1) is 0 Å². The molecule has 0 aliphatic heterocycles. The first-order valence-electron chi connectivity index (χ1n) is 4.36. The molecule has 0 bridgehead atoms. The number of imidazole rings is 1. The molecule has 0 fully saturated rings. The Balaban J connectivity index is 1.98. The summed E-state index contributed by atoms with van der Waals surface area (Å²) in [5.74, 6) is 1.53. The lowest BCUT2D eigenvalue weighted by atomic mass is 10.4. The molecule has 2 aromatic heterocycles. The van der Waals surface area contributed by atoms with Gasteiger partial charge in [-0.3, -0.25) is 0 Å². The summed E-state index contributed by atoms with van der Waals surface area (Å²) in [4.78, 5) is 15.3.